The summed E-state index contributed by atoms with van der Waals surface area (Å²) in [6.07, 6.45) is -0.626. The Kier molecular flexibility index (Phi) is 4.46. The van der Waals surface area contributed by atoms with Crippen LogP contribution in [0.15, 0.2) is 54.6 Å². The lowest BCUT2D eigenvalue weighted by Gasteiger charge is -2.29. The zero-order chi connectivity index (χ0) is 16.4. The minimum Gasteiger partial charge on any atom is -0.390 e. The van der Waals surface area contributed by atoms with Crippen molar-refractivity contribution in [1.82, 2.24) is 4.90 Å². The lowest BCUT2D eigenvalue weighted by atomic mass is 10.0. The van der Waals surface area contributed by atoms with Crippen LogP contribution in [0.2, 0.25) is 0 Å². The summed E-state index contributed by atoms with van der Waals surface area (Å²) >= 11 is 5.80. The Bertz CT molecular complexity index is 697. The van der Waals surface area contributed by atoms with E-state index in [1.807, 2.05) is 30.3 Å². The predicted molar refractivity (Wildman–Crippen MR) is 87.6 cm³/mol. The van der Waals surface area contributed by atoms with Gasteiger partial charge in [0, 0.05) is 0 Å². The summed E-state index contributed by atoms with van der Waals surface area (Å²) in [6.45, 7) is 0. The molecule has 2 amide bonds. The van der Waals surface area contributed by atoms with Gasteiger partial charge in [0.25, 0.3) is 11.8 Å². The summed E-state index contributed by atoms with van der Waals surface area (Å²) in [7, 11) is 0. The average molecular weight is 330 g/mol. The number of alkyl halides is 1. The van der Waals surface area contributed by atoms with E-state index >= 15 is 0 Å². The van der Waals surface area contributed by atoms with Crippen LogP contribution in [0.1, 0.15) is 26.3 Å². The molecule has 2 aromatic rings. The van der Waals surface area contributed by atoms with E-state index in [1.54, 1.807) is 24.3 Å². The van der Waals surface area contributed by atoms with Crippen molar-refractivity contribution in [2.45, 2.75) is 18.6 Å². The summed E-state index contributed by atoms with van der Waals surface area (Å²) < 4.78 is 0. The standard InChI is InChI=1S/C18H16ClNO3/c19-11-16(21)15(10-12-6-2-1-3-7-12)20-17(22)13-8-4-5-9-14(13)18(20)23/h1-9,15-16,21H,10-11H2/t15-,16-/m0/s1. The zero-order valence-corrected chi connectivity index (χ0v) is 13.1. The molecule has 5 heteroatoms. The number of imide groups is 1. The van der Waals surface area contributed by atoms with Gasteiger partial charge >= 0.3 is 0 Å². The number of hydrogen-bond acceptors (Lipinski definition) is 3. The zero-order valence-electron chi connectivity index (χ0n) is 12.4. The van der Waals surface area contributed by atoms with Crippen LogP contribution in [0.5, 0.6) is 0 Å². The predicted octanol–water partition coefficient (Wildman–Crippen LogP) is 2.49. The van der Waals surface area contributed by atoms with Crippen molar-refractivity contribution in [2.75, 3.05) is 5.88 Å². The number of benzene rings is 2. The maximum Gasteiger partial charge on any atom is 0.261 e. The van der Waals surface area contributed by atoms with Gasteiger partial charge in [-0.25, -0.2) is 0 Å². The molecule has 0 spiro atoms. The largest absolute Gasteiger partial charge is 0.390 e. The highest BCUT2D eigenvalue weighted by atomic mass is 35.5. The number of aliphatic hydroxyl groups is 1. The van der Waals surface area contributed by atoms with E-state index in [2.05, 4.69) is 0 Å². The van der Waals surface area contributed by atoms with Gasteiger partial charge in [0.1, 0.15) is 0 Å². The van der Waals surface area contributed by atoms with Crippen LogP contribution in [0.3, 0.4) is 0 Å². The van der Waals surface area contributed by atoms with E-state index < -0.39 is 12.1 Å². The first-order valence-corrected chi connectivity index (χ1v) is 7.92. The van der Waals surface area contributed by atoms with Gasteiger partial charge in [-0.15, -0.1) is 11.6 Å². The Labute approximate surface area is 139 Å². The lowest BCUT2D eigenvalue weighted by Crippen LogP contribution is -2.49. The highest BCUT2D eigenvalue weighted by molar-refractivity contribution is 6.22. The fourth-order valence-electron chi connectivity index (χ4n) is 2.87. The number of halogens is 1. The Morgan fingerprint density at radius 1 is 0.913 bits per heavy atom. The molecule has 2 aromatic carbocycles. The molecular formula is C18H16ClNO3. The minimum atomic E-state index is -0.987. The molecule has 3 rings (SSSR count). The second-order valence-corrected chi connectivity index (χ2v) is 5.81. The first-order chi connectivity index (χ1) is 11.1. The molecule has 0 unspecified atom stereocenters. The van der Waals surface area contributed by atoms with E-state index in [4.69, 9.17) is 11.6 Å². The van der Waals surface area contributed by atoms with Gasteiger partial charge < -0.3 is 5.11 Å². The van der Waals surface area contributed by atoms with Gasteiger partial charge in [-0.3, -0.25) is 14.5 Å². The molecule has 0 radical (unpaired) electrons. The fraction of sp³-hybridized carbons (Fsp3) is 0.222. The Morgan fingerprint density at radius 3 is 1.96 bits per heavy atom. The first kappa shape index (κ1) is 15.7. The molecule has 1 heterocycles. The molecule has 0 saturated heterocycles. The highest BCUT2D eigenvalue weighted by Gasteiger charge is 2.42. The van der Waals surface area contributed by atoms with Crippen molar-refractivity contribution in [3.8, 4) is 0 Å². The van der Waals surface area contributed by atoms with Crippen LogP contribution in [-0.4, -0.2) is 39.8 Å². The Balaban J connectivity index is 1.95. The van der Waals surface area contributed by atoms with E-state index in [9.17, 15) is 14.7 Å². The first-order valence-electron chi connectivity index (χ1n) is 7.38. The molecule has 0 saturated carbocycles. The third kappa shape index (κ3) is 2.87. The number of rotatable bonds is 5. The number of amides is 2. The van der Waals surface area contributed by atoms with E-state index in [-0.39, 0.29) is 17.7 Å². The van der Waals surface area contributed by atoms with Gasteiger partial charge in [-0.05, 0) is 24.1 Å². The maximum atomic E-state index is 12.6. The van der Waals surface area contributed by atoms with Gasteiger partial charge in [-0.1, -0.05) is 42.5 Å². The Morgan fingerprint density at radius 2 is 1.43 bits per heavy atom. The molecule has 0 aliphatic carbocycles. The number of aliphatic hydroxyl groups excluding tert-OH is 1. The van der Waals surface area contributed by atoms with Crippen molar-refractivity contribution < 1.29 is 14.7 Å². The summed E-state index contributed by atoms with van der Waals surface area (Å²) in [6, 6.07) is 15.4. The van der Waals surface area contributed by atoms with Crippen LogP contribution in [-0.2, 0) is 6.42 Å². The van der Waals surface area contributed by atoms with Crippen LogP contribution in [0, 0.1) is 0 Å². The third-order valence-corrected chi connectivity index (χ3v) is 4.36. The number of nitrogens with zero attached hydrogens (tertiary/aromatic N) is 1. The molecule has 2 atom stereocenters. The maximum absolute atomic E-state index is 12.6. The van der Waals surface area contributed by atoms with Crippen LogP contribution < -0.4 is 0 Å². The van der Waals surface area contributed by atoms with Crippen LogP contribution in [0.25, 0.3) is 0 Å². The topological polar surface area (TPSA) is 57.6 Å². The van der Waals surface area contributed by atoms with Gasteiger partial charge in [-0.2, -0.15) is 0 Å². The molecule has 1 aliphatic heterocycles. The number of fused-ring (bicyclic) bond motifs is 1. The smallest absolute Gasteiger partial charge is 0.261 e. The third-order valence-electron chi connectivity index (χ3n) is 4.05. The second-order valence-electron chi connectivity index (χ2n) is 5.50. The monoisotopic (exact) mass is 329 g/mol. The van der Waals surface area contributed by atoms with Crippen molar-refractivity contribution in [3.05, 3.63) is 71.3 Å². The summed E-state index contributed by atoms with van der Waals surface area (Å²) in [5.41, 5.74) is 1.67. The molecule has 0 aromatic heterocycles. The molecule has 23 heavy (non-hydrogen) atoms. The summed E-state index contributed by atoms with van der Waals surface area (Å²) in [4.78, 5) is 26.4. The summed E-state index contributed by atoms with van der Waals surface area (Å²) in [5.74, 6) is -0.809. The lowest BCUT2D eigenvalue weighted by molar-refractivity contribution is 0.0388. The number of hydrogen-bond donors (Lipinski definition) is 1. The minimum absolute atomic E-state index is 0.0507. The van der Waals surface area contributed by atoms with Crippen molar-refractivity contribution in [1.29, 1.82) is 0 Å². The van der Waals surface area contributed by atoms with Crippen molar-refractivity contribution >= 4 is 23.4 Å². The van der Waals surface area contributed by atoms with Gasteiger partial charge in [0.2, 0.25) is 0 Å². The molecule has 1 aliphatic rings. The fourth-order valence-corrected chi connectivity index (χ4v) is 3.07. The number of carbonyl (C=O) groups excluding carboxylic acids is 2. The number of carbonyl (C=O) groups is 2. The molecule has 4 nitrogen and oxygen atoms in total. The molecule has 118 valence electrons. The van der Waals surface area contributed by atoms with E-state index in [0.29, 0.717) is 17.5 Å². The van der Waals surface area contributed by atoms with Gasteiger partial charge in [0.15, 0.2) is 0 Å². The highest BCUT2D eigenvalue weighted by Crippen LogP contribution is 2.27. The SMILES string of the molecule is O=C1c2ccccc2C(=O)N1[C@@H](Cc1ccccc1)[C@@H](O)CCl. The van der Waals surface area contributed by atoms with Gasteiger partial charge in [0.05, 0.1) is 29.2 Å². The van der Waals surface area contributed by atoms with Crippen LogP contribution in [0.4, 0.5) is 0 Å². The normalized spacial score (nSPS) is 16.3. The molecular weight excluding hydrogens is 314 g/mol. The molecule has 0 fully saturated rings. The second kappa shape index (κ2) is 6.52. The summed E-state index contributed by atoms with van der Waals surface area (Å²) in [5, 5.41) is 10.3. The molecule has 1 N–H and O–H groups in total. The van der Waals surface area contributed by atoms with Crippen LogP contribution >= 0.6 is 11.6 Å². The van der Waals surface area contributed by atoms with E-state index in [0.717, 1.165) is 10.5 Å². The molecule has 0 bridgehead atoms. The van der Waals surface area contributed by atoms with Crippen molar-refractivity contribution in [3.63, 3.8) is 0 Å². The average Bonchev–Trinajstić information content (AvgIpc) is 2.85. The quantitative estimate of drug-likeness (QED) is 0.677. The van der Waals surface area contributed by atoms with Crippen molar-refractivity contribution in [2.24, 2.45) is 0 Å². The van der Waals surface area contributed by atoms with E-state index in [1.165, 1.54) is 0 Å². The Hall–Kier alpha value is -2.17.